The lowest BCUT2D eigenvalue weighted by Gasteiger charge is -2.33. The molecule has 5 rings (SSSR count). The van der Waals surface area contributed by atoms with Crippen LogP contribution in [0.2, 0.25) is 10.0 Å². The summed E-state index contributed by atoms with van der Waals surface area (Å²) < 4.78 is 0. The Kier molecular flexibility index (Phi) is 11.6. The summed E-state index contributed by atoms with van der Waals surface area (Å²) in [6.45, 7) is 8.55. The number of thioether (sulfide) groups is 1. The number of hydrogen-bond donors (Lipinski definition) is 3. The summed E-state index contributed by atoms with van der Waals surface area (Å²) >= 11 is 15.3. The second-order valence-corrected chi connectivity index (χ2v) is 16.3. The van der Waals surface area contributed by atoms with Gasteiger partial charge in [-0.1, -0.05) is 74.3 Å². The van der Waals surface area contributed by atoms with Crippen molar-refractivity contribution in [2.45, 2.75) is 57.1 Å². The Morgan fingerprint density at radius 2 is 1.78 bits per heavy atom. The molecule has 3 N–H and O–H groups in total. The average molecular weight is 732 g/mol. The minimum Gasteiger partial charge on any atom is -0.321 e. The lowest BCUT2D eigenvalue weighted by atomic mass is 9.72. The molecule has 3 amide bonds. The van der Waals surface area contributed by atoms with Gasteiger partial charge in [-0.15, -0.1) is 23.1 Å². The van der Waals surface area contributed by atoms with E-state index in [2.05, 4.69) is 42.8 Å². The molecule has 0 bridgehead atoms. The third-order valence-electron chi connectivity index (χ3n) is 8.40. The minimum absolute atomic E-state index is 0.0235. The van der Waals surface area contributed by atoms with E-state index in [1.165, 1.54) is 34.1 Å². The molecular weight excluding hydrogens is 695 g/mol. The summed E-state index contributed by atoms with van der Waals surface area (Å²) in [7, 11) is 0. The zero-order valence-corrected chi connectivity index (χ0v) is 30.7. The minimum atomic E-state index is -0.567. The molecule has 2 atom stereocenters. The van der Waals surface area contributed by atoms with Crippen LogP contribution in [0, 0.1) is 22.7 Å². The molecule has 252 valence electrons. The largest absolute Gasteiger partial charge is 0.321 e. The Morgan fingerprint density at radius 3 is 2.47 bits per heavy atom. The van der Waals surface area contributed by atoms with Gasteiger partial charge in [0.05, 0.1) is 10.8 Å². The number of carbonyl (C=O) groups is 3. The zero-order chi connectivity index (χ0) is 35.3. The molecule has 0 saturated heterocycles. The van der Waals surface area contributed by atoms with Crippen molar-refractivity contribution in [1.82, 2.24) is 5.32 Å². The van der Waals surface area contributed by atoms with Crippen molar-refractivity contribution in [3.63, 3.8) is 0 Å². The number of nitrogens with one attached hydrogen (secondary N) is 3. The van der Waals surface area contributed by atoms with Crippen molar-refractivity contribution >= 4 is 80.8 Å². The predicted molar refractivity (Wildman–Crippen MR) is 201 cm³/mol. The number of benzene rings is 3. The van der Waals surface area contributed by atoms with E-state index in [0.29, 0.717) is 43.3 Å². The average Bonchev–Trinajstić information content (AvgIpc) is 3.41. The van der Waals surface area contributed by atoms with Crippen LogP contribution < -0.4 is 16.0 Å². The Bertz CT molecular complexity index is 1960. The second kappa shape index (κ2) is 15.6. The molecule has 0 aliphatic heterocycles. The number of hydrogen-bond acceptors (Lipinski definition) is 6. The molecule has 1 aromatic heterocycles. The van der Waals surface area contributed by atoms with E-state index < -0.39 is 17.1 Å². The van der Waals surface area contributed by atoms with Crippen LogP contribution in [0.25, 0.3) is 6.08 Å². The number of rotatable bonds is 9. The van der Waals surface area contributed by atoms with E-state index in [-0.39, 0.29) is 17.0 Å². The molecule has 11 heteroatoms. The van der Waals surface area contributed by atoms with Gasteiger partial charge in [0.1, 0.15) is 16.8 Å². The van der Waals surface area contributed by atoms with Gasteiger partial charge in [0, 0.05) is 31.1 Å². The maximum atomic E-state index is 13.6. The first-order valence-electron chi connectivity index (χ1n) is 15.8. The number of nitrogens with zero attached hydrogens (tertiary/aromatic N) is 1. The highest BCUT2D eigenvalue weighted by molar-refractivity contribution is 8.00. The zero-order valence-electron chi connectivity index (χ0n) is 27.5. The van der Waals surface area contributed by atoms with Gasteiger partial charge in [0.2, 0.25) is 5.91 Å². The number of thiophene rings is 1. The maximum absolute atomic E-state index is 13.6. The van der Waals surface area contributed by atoms with Gasteiger partial charge in [0.15, 0.2) is 0 Å². The fourth-order valence-electron chi connectivity index (χ4n) is 5.56. The topological polar surface area (TPSA) is 111 Å². The molecule has 4 aromatic rings. The monoisotopic (exact) mass is 730 g/mol. The van der Waals surface area contributed by atoms with Crippen LogP contribution in [-0.4, -0.2) is 23.0 Å². The molecular formula is C38H36Cl2N4O3S2. The van der Waals surface area contributed by atoms with Gasteiger partial charge >= 0.3 is 0 Å². The van der Waals surface area contributed by atoms with Crippen LogP contribution in [0.4, 0.5) is 10.7 Å². The molecule has 3 aromatic carbocycles. The Hall–Kier alpha value is -4.07. The third kappa shape index (κ3) is 9.14. The molecule has 2 unspecified atom stereocenters. The van der Waals surface area contributed by atoms with Crippen LogP contribution in [0.1, 0.15) is 66.0 Å². The number of halogens is 2. The first-order chi connectivity index (χ1) is 23.3. The van der Waals surface area contributed by atoms with Crippen LogP contribution in [-0.2, 0) is 22.4 Å². The molecule has 1 heterocycles. The summed E-state index contributed by atoms with van der Waals surface area (Å²) in [4.78, 5) is 41.9. The van der Waals surface area contributed by atoms with Gasteiger partial charge in [-0.25, -0.2) is 0 Å². The number of fused-ring (bicyclic) bond motifs is 1. The fourth-order valence-corrected chi connectivity index (χ4v) is 8.23. The van der Waals surface area contributed by atoms with Crippen molar-refractivity contribution < 1.29 is 14.4 Å². The standard InChI is InChI=1S/C38H36Cl2N4O3S2/c1-22(34(45)44-37-30(21-41)29-16-14-25(38(2,3)4)18-33(29)49-37)48-28-12-8-11-27(20-28)42-36(47)32(17-24-13-15-26(39)19-31(24)40)43-35(46)23-9-6-5-7-10-23/h5-13,15,17,19-20,22,25H,14,16,18H2,1-4H3,(H,42,47)(H,43,46)(H,44,45)/b32-17+. The van der Waals surface area contributed by atoms with Gasteiger partial charge in [-0.3, -0.25) is 14.4 Å². The van der Waals surface area contributed by atoms with Gasteiger partial charge in [-0.2, -0.15) is 5.26 Å². The molecule has 1 aliphatic rings. The summed E-state index contributed by atoms with van der Waals surface area (Å²) in [6, 6.07) is 22.8. The van der Waals surface area contributed by atoms with E-state index in [9.17, 15) is 19.6 Å². The molecule has 0 radical (unpaired) electrons. The summed E-state index contributed by atoms with van der Waals surface area (Å²) in [6.07, 6.45) is 4.27. The summed E-state index contributed by atoms with van der Waals surface area (Å²) in [5, 5.41) is 19.4. The highest BCUT2D eigenvalue weighted by Crippen LogP contribution is 2.44. The number of nitriles is 1. The van der Waals surface area contributed by atoms with E-state index in [4.69, 9.17) is 23.2 Å². The van der Waals surface area contributed by atoms with Gasteiger partial charge in [-0.05, 0) is 97.2 Å². The Balaban J connectivity index is 1.29. The van der Waals surface area contributed by atoms with E-state index >= 15 is 0 Å². The third-order valence-corrected chi connectivity index (χ3v) is 11.2. The lowest BCUT2D eigenvalue weighted by Crippen LogP contribution is -2.30. The maximum Gasteiger partial charge on any atom is 0.272 e. The van der Waals surface area contributed by atoms with Crippen molar-refractivity contribution in [2.24, 2.45) is 11.3 Å². The molecule has 0 saturated carbocycles. The highest BCUT2D eigenvalue weighted by Gasteiger charge is 2.32. The van der Waals surface area contributed by atoms with Crippen LogP contribution >= 0.6 is 46.3 Å². The summed E-state index contributed by atoms with van der Waals surface area (Å²) in [5.41, 5.74) is 3.14. The predicted octanol–water partition coefficient (Wildman–Crippen LogP) is 9.61. The molecule has 0 spiro atoms. The van der Waals surface area contributed by atoms with Gasteiger partial charge < -0.3 is 16.0 Å². The Morgan fingerprint density at radius 1 is 1.02 bits per heavy atom. The highest BCUT2D eigenvalue weighted by atomic mass is 35.5. The van der Waals surface area contributed by atoms with Crippen molar-refractivity contribution in [2.75, 3.05) is 10.6 Å². The SMILES string of the molecule is CC(Sc1cccc(NC(=O)/C(=C\c2ccc(Cl)cc2Cl)NC(=O)c2ccccc2)c1)C(=O)Nc1sc2c(c1C#N)CCC(C(C)(C)C)C2. The summed E-state index contributed by atoms with van der Waals surface area (Å²) in [5.74, 6) is -0.715. The van der Waals surface area contributed by atoms with E-state index in [1.807, 2.05) is 6.07 Å². The van der Waals surface area contributed by atoms with Crippen molar-refractivity contribution in [3.8, 4) is 6.07 Å². The number of anilines is 2. The van der Waals surface area contributed by atoms with E-state index in [1.54, 1.807) is 73.7 Å². The van der Waals surface area contributed by atoms with Gasteiger partial charge in [0.25, 0.3) is 11.8 Å². The van der Waals surface area contributed by atoms with E-state index in [0.717, 1.165) is 29.7 Å². The molecule has 1 aliphatic carbocycles. The first kappa shape index (κ1) is 36.2. The second-order valence-electron chi connectivity index (χ2n) is 12.9. The normalized spacial score (nSPS) is 15.0. The number of amides is 3. The van der Waals surface area contributed by atoms with Crippen LogP contribution in [0.15, 0.2) is 83.4 Å². The molecule has 0 fully saturated rings. The van der Waals surface area contributed by atoms with Crippen molar-refractivity contribution in [3.05, 3.63) is 116 Å². The molecule has 49 heavy (non-hydrogen) atoms. The number of carbonyl (C=O) groups excluding carboxylic acids is 3. The lowest BCUT2D eigenvalue weighted by molar-refractivity contribution is -0.115. The fraction of sp³-hybridized carbons (Fsp3) is 0.263. The Labute approximate surface area is 305 Å². The van der Waals surface area contributed by atoms with Crippen LogP contribution in [0.5, 0.6) is 0 Å². The van der Waals surface area contributed by atoms with Crippen molar-refractivity contribution in [1.29, 1.82) is 5.26 Å². The molecule has 7 nitrogen and oxygen atoms in total. The quantitative estimate of drug-likeness (QED) is 0.117. The van der Waals surface area contributed by atoms with Crippen LogP contribution in [0.3, 0.4) is 0 Å². The first-order valence-corrected chi connectivity index (χ1v) is 18.2. The smallest absolute Gasteiger partial charge is 0.272 e.